The Morgan fingerprint density at radius 3 is 3.13 bits per heavy atom. The average Bonchev–Trinajstić information content (AvgIpc) is 2.59. The van der Waals surface area contributed by atoms with Gasteiger partial charge >= 0.3 is 0 Å². The molecule has 1 aliphatic rings. The van der Waals surface area contributed by atoms with Gasteiger partial charge in [0.2, 0.25) is 5.95 Å². The highest BCUT2D eigenvalue weighted by Crippen LogP contribution is 2.13. The van der Waals surface area contributed by atoms with E-state index < -0.39 is 0 Å². The zero-order valence-electron chi connectivity index (χ0n) is 8.95. The monoisotopic (exact) mass is 209 g/mol. The highest BCUT2D eigenvalue weighted by Gasteiger charge is 2.16. The Balaban J connectivity index is 2.15. The van der Waals surface area contributed by atoms with Crippen LogP contribution >= 0.6 is 0 Å². The normalized spacial score (nSPS) is 14.6. The summed E-state index contributed by atoms with van der Waals surface area (Å²) in [5.41, 5.74) is 3.11. The molecule has 0 spiro atoms. The number of hydrogen-bond acceptors (Lipinski definition) is 4. The molecule has 0 atom stereocenters. The lowest BCUT2D eigenvalue weighted by Gasteiger charge is -2.14. The minimum absolute atomic E-state index is 0.177. The molecule has 0 aromatic carbocycles. The molecule has 1 aromatic rings. The van der Waals surface area contributed by atoms with Gasteiger partial charge in [-0.15, -0.1) is 0 Å². The summed E-state index contributed by atoms with van der Waals surface area (Å²) in [6.45, 7) is 1.84. The van der Waals surface area contributed by atoms with E-state index in [2.05, 4.69) is 15.7 Å². The van der Waals surface area contributed by atoms with Gasteiger partial charge < -0.3 is 9.88 Å². The number of imidazole rings is 1. The largest absolute Gasteiger partial charge is 0.356 e. The second kappa shape index (κ2) is 3.90. The van der Waals surface area contributed by atoms with Crippen LogP contribution in [0.4, 0.5) is 5.95 Å². The van der Waals surface area contributed by atoms with Gasteiger partial charge in [0.15, 0.2) is 0 Å². The number of fused-ring (bicyclic) bond motifs is 1. The first kappa shape index (κ1) is 9.97. The second-order valence-electron chi connectivity index (χ2n) is 3.76. The van der Waals surface area contributed by atoms with Crippen molar-refractivity contribution in [3.8, 4) is 0 Å². The summed E-state index contributed by atoms with van der Waals surface area (Å²) in [7, 11) is 3.54. The van der Waals surface area contributed by atoms with Gasteiger partial charge in [0.1, 0.15) is 5.69 Å². The third-order valence-electron chi connectivity index (χ3n) is 2.19. The summed E-state index contributed by atoms with van der Waals surface area (Å²) >= 11 is 0. The third-order valence-corrected chi connectivity index (χ3v) is 2.19. The zero-order valence-corrected chi connectivity index (χ0v) is 8.95. The maximum atomic E-state index is 11.6. The molecule has 2 heterocycles. The molecule has 6 heteroatoms. The van der Waals surface area contributed by atoms with Crippen molar-refractivity contribution in [1.29, 1.82) is 0 Å². The first-order valence-corrected chi connectivity index (χ1v) is 4.96. The summed E-state index contributed by atoms with van der Waals surface area (Å²) in [4.78, 5) is 15.8. The number of rotatable bonds is 2. The van der Waals surface area contributed by atoms with Gasteiger partial charge in [-0.2, -0.15) is 0 Å². The third kappa shape index (κ3) is 2.10. The van der Waals surface area contributed by atoms with Crippen molar-refractivity contribution < 1.29 is 4.79 Å². The molecule has 1 aliphatic heterocycles. The number of aromatic nitrogens is 2. The molecule has 0 unspecified atom stereocenters. The van der Waals surface area contributed by atoms with E-state index in [1.54, 1.807) is 25.3 Å². The number of amides is 1. The maximum Gasteiger partial charge on any atom is 0.285 e. The van der Waals surface area contributed by atoms with Crippen LogP contribution in [0, 0.1) is 0 Å². The van der Waals surface area contributed by atoms with Crippen molar-refractivity contribution in [3.05, 3.63) is 11.9 Å². The molecule has 15 heavy (non-hydrogen) atoms. The number of nitrogens with one attached hydrogen (secondary N) is 2. The van der Waals surface area contributed by atoms with Crippen LogP contribution in [-0.2, 0) is 6.54 Å². The summed E-state index contributed by atoms with van der Waals surface area (Å²) < 4.78 is 1.97. The predicted octanol–water partition coefficient (Wildman–Crippen LogP) is -0.0949. The molecule has 0 fully saturated rings. The molecule has 1 amide bonds. The average molecular weight is 209 g/mol. The molecule has 0 saturated carbocycles. The van der Waals surface area contributed by atoms with Crippen molar-refractivity contribution in [2.75, 3.05) is 26.0 Å². The summed E-state index contributed by atoms with van der Waals surface area (Å²) in [5.74, 6) is 0.605. The lowest BCUT2D eigenvalue weighted by molar-refractivity contribution is 0.0852. The fourth-order valence-electron chi connectivity index (χ4n) is 1.55. The van der Waals surface area contributed by atoms with E-state index in [4.69, 9.17) is 0 Å². The van der Waals surface area contributed by atoms with E-state index in [0.29, 0.717) is 5.69 Å². The van der Waals surface area contributed by atoms with Crippen LogP contribution in [0.2, 0.25) is 0 Å². The van der Waals surface area contributed by atoms with Crippen LogP contribution in [0.25, 0.3) is 0 Å². The van der Waals surface area contributed by atoms with Gasteiger partial charge in [0.25, 0.3) is 5.91 Å². The molecule has 0 bridgehead atoms. The van der Waals surface area contributed by atoms with E-state index in [1.165, 1.54) is 0 Å². The lowest BCUT2D eigenvalue weighted by atomic mass is 10.4. The Morgan fingerprint density at radius 1 is 1.67 bits per heavy atom. The van der Waals surface area contributed by atoms with Crippen LogP contribution in [0.15, 0.2) is 6.20 Å². The minimum Gasteiger partial charge on any atom is -0.356 e. The number of anilines is 1. The van der Waals surface area contributed by atoms with Crippen LogP contribution in [-0.4, -0.2) is 41.1 Å². The van der Waals surface area contributed by atoms with Crippen molar-refractivity contribution in [2.45, 2.75) is 13.0 Å². The Hall–Kier alpha value is -1.56. The maximum absolute atomic E-state index is 11.6. The first-order chi connectivity index (χ1) is 7.16. The lowest BCUT2D eigenvalue weighted by Crippen LogP contribution is -2.36. The van der Waals surface area contributed by atoms with E-state index >= 15 is 0 Å². The highest BCUT2D eigenvalue weighted by atomic mass is 16.2. The van der Waals surface area contributed by atoms with Gasteiger partial charge in [-0.25, -0.2) is 9.99 Å². The zero-order chi connectivity index (χ0) is 10.8. The fourth-order valence-corrected chi connectivity index (χ4v) is 1.55. The standard InChI is InChI=1S/C9H15N5O/c1-13(2)12-8(15)7-6-14-5-3-4-10-9(14)11-7/h6H,3-5H2,1-2H3,(H,10,11)(H,12,15). The summed E-state index contributed by atoms with van der Waals surface area (Å²) in [6, 6.07) is 0. The number of carbonyl (C=O) groups is 1. The Morgan fingerprint density at radius 2 is 2.47 bits per heavy atom. The Labute approximate surface area is 88.2 Å². The SMILES string of the molecule is CN(C)NC(=O)c1cn2c(n1)NCCC2. The number of hydrogen-bond donors (Lipinski definition) is 2. The summed E-state index contributed by atoms with van der Waals surface area (Å²) in [6.07, 6.45) is 2.85. The molecule has 0 radical (unpaired) electrons. The molecule has 0 aliphatic carbocycles. The fraction of sp³-hybridized carbons (Fsp3) is 0.556. The smallest absolute Gasteiger partial charge is 0.285 e. The predicted molar refractivity (Wildman–Crippen MR) is 56.5 cm³/mol. The Bertz CT molecular complexity index is 347. The van der Waals surface area contributed by atoms with Gasteiger partial charge in [0.05, 0.1) is 0 Å². The van der Waals surface area contributed by atoms with E-state index in [9.17, 15) is 4.79 Å². The molecule has 2 N–H and O–H groups in total. The van der Waals surface area contributed by atoms with Crippen LogP contribution in [0.3, 0.4) is 0 Å². The number of aryl methyl sites for hydroxylation is 1. The van der Waals surface area contributed by atoms with Gasteiger partial charge in [0, 0.05) is 33.4 Å². The highest BCUT2D eigenvalue weighted by molar-refractivity contribution is 5.92. The molecule has 0 saturated heterocycles. The molecule has 82 valence electrons. The molecule has 2 rings (SSSR count). The second-order valence-corrected chi connectivity index (χ2v) is 3.76. The molecule has 6 nitrogen and oxygen atoms in total. The minimum atomic E-state index is -0.177. The number of nitrogens with zero attached hydrogens (tertiary/aromatic N) is 3. The van der Waals surface area contributed by atoms with E-state index in [-0.39, 0.29) is 5.91 Å². The first-order valence-electron chi connectivity index (χ1n) is 4.96. The molecular weight excluding hydrogens is 194 g/mol. The van der Waals surface area contributed by atoms with Gasteiger partial charge in [-0.3, -0.25) is 10.2 Å². The Kier molecular flexibility index (Phi) is 2.59. The quantitative estimate of drug-likeness (QED) is 0.668. The number of hydrazine groups is 1. The van der Waals surface area contributed by atoms with Gasteiger partial charge in [-0.1, -0.05) is 0 Å². The van der Waals surface area contributed by atoms with Crippen molar-refractivity contribution in [3.63, 3.8) is 0 Å². The van der Waals surface area contributed by atoms with Crippen LogP contribution in [0.5, 0.6) is 0 Å². The topological polar surface area (TPSA) is 62.2 Å². The van der Waals surface area contributed by atoms with E-state index in [1.807, 2.05) is 4.57 Å². The van der Waals surface area contributed by atoms with Crippen molar-refractivity contribution in [1.82, 2.24) is 20.0 Å². The molecular formula is C9H15N5O. The van der Waals surface area contributed by atoms with Crippen LogP contribution < -0.4 is 10.7 Å². The van der Waals surface area contributed by atoms with Gasteiger partial charge in [-0.05, 0) is 6.42 Å². The van der Waals surface area contributed by atoms with Crippen molar-refractivity contribution in [2.24, 2.45) is 0 Å². The molecule has 1 aromatic heterocycles. The van der Waals surface area contributed by atoms with E-state index in [0.717, 1.165) is 25.5 Å². The van der Waals surface area contributed by atoms with Crippen LogP contribution in [0.1, 0.15) is 16.9 Å². The van der Waals surface area contributed by atoms with Crippen molar-refractivity contribution >= 4 is 11.9 Å². The summed E-state index contributed by atoms with van der Waals surface area (Å²) in [5, 5.41) is 4.75. The number of carbonyl (C=O) groups excluding carboxylic acids is 1.